The summed E-state index contributed by atoms with van der Waals surface area (Å²) in [4.78, 5) is 32.4. The lowest BCUT2D eigenvalue weighted by Crippen LogP contribution is -2.23. The Labute approximate surface area is 152 Å². The molecule has 10 heteroatoms. The molecule has 0 spiro atoms. The Morgan fingerprint density at radius 1 is 1.42 bits per heavy atom. The Kier molecular flexibility index (Phi) is 4.85. The second kappa shape index (κ2) is 7.08. The number of halogens is 1. The fraction of sp³-hybridized carbons (Fsp3) is 0.188. The van der Waals surface area contributed by atoms with Crippen LogP contribution in [0.5, 0.6) is 0 Å². The van der Waals surface area contributed by atoms with E-state index < -0.39 is 16.4 Å². The molecular formula is C16H14FN5O3S. The number of nitrogens with zero attached hydrogens (tertiary/aromatic N) is 4. The third kappa shape index (κ3) is 3.36. The van der Waals surface area contributed by atoms with Gasteiger partial charge in [0, 0.05) is 30.7 Å². The molecule has 0 bridgehead atoms. The third-order valence-corrected chi connectivity index (χ3v) is 5.29. The molecule has 0 amide bonds. The number of hydrogen-bond donors (Lipinski definition) is 1. The lowest BCUT2D eigenvalue weighted by molar-refractivity contribution is -0.387. The van der Waals surface area contributed by atoms with Crippen molar-refractivity contribution in [3.63, 3.8) is 0 Å². The number of nitrogens with one attached hydrogen (secondary N) is 1. The first-order chi connectivity index (χ1) is 12.4. The van der Waals surface area contributed by atoms with Crippen LogP contribution in [0.15, 0.2) is 36.2 Å². The number of carbonyl (C=O) groups excluding carboxylic acids is 1. The molecule has 1 atom stereocenters. The summed E-state index contributed by atoms with van der Waals surface area (Å²) in [5.74, 6) is -0.706. The van der Waals surface area contributed by atoms with Crippen molar-refractivity contribution in [1.82, 2.24) is 14.9 Å². The smallest absolute Gasteiger partial charge is 0.306 e. The number of nitro benzene ring substituents is 1. The zero-order chi connectivity index (χ0) is 18.8. The molecule has 26 heavy (non-hydrogen) atoms. The second-order valence-corrected chi connectivity index (χ2v) is 6.61. The number of nitro groups is 1. The highest BCUT2D eigenvalue weighted by atomic mass is 32.2. The predicted octanol–water partition coefficient (Wildman–Crippen LogP) is 3.16. The Balaban J connectivity index is 1.88. The van der Waals surface area contributed by atoms with Crippen LogP contribution in [0.25, 0.3) is 4.91 Å². The fourth-order valence-electron chi connectivity index (χ4n) is 2.41. The summed E-state index contributed by atoms with van der Waals surface area (Å²) >= 11 is 1.38. The topological polar surface area (TPSA) is 101 Å². The van der Waals surface area contributed by atoms with E-state index in [1.54, 1.807) is 6.07 Å². The Bertz CT molecular complexity index is 921. The van der Waals surface area contributed by atoms with Crippen LogP contribution in [0.2, 0.25) is 0 Å². The maximum absolute atomic E-state index is 13.4. The summed E-state index contributed by atoms with van der Waals surface area (Å²) < 4.78 is 13.4. The first-order valence-corrected chi connectivity index (χ1v) is 8.38. The van der Waals surface area contributed by atoms with Crippen LogP contribution in [-0.2, 0) is 4.79 Å². The van der Waals surface area contributed by atoms with Crippen LogP contribution in [0.4, 0.5) is 21.7 Å². The number of aldehydes is 1. The van der Waals surface area contributed by atoms with Crippen molar-refractivity contribution < 1.29 is 14.1 Å². The summed E-state index contributed by atoms with van der Waals surface area (Å²) in [6, 6.07) is 5.17. The Morgan fingerprint density at radius 3 is 2.85 bits per heavy atom. The van der Waals surface area contributed by atoms with E-state index in [0.717, 1.165) is 29.0 Å². The number of likely N-dealkylation sites (N-methyl/N-ethyl adjacent to an activating group) is 1. The van der Waals surface area contributed by atoms with E-state index in [2.05, 4.69) is 15.3 Å². The molecule has 0 fully saturated rings. The van der Waals surface area contributed by atoms with Crippen molar-refractivity contribution in [3.8, 4) is 0 Å². The van der Waals surface area contributed by atoms with Gasteiger partial charge in [0.05, 0.1) is 15.5 Å². The molecule has 0 aliphatic carbocycles. The van der Waals surface area contributed by atoms with Crippen LogP contribution in [-0.4, -0.2) is 38.5 Å². The van der Waals surface area contributed by atoms with E-state index in [1.807, 2.05) is 18.9 Å². The van der Waals surface area contributed by atoms with Crippen LogP contribution in [0.3, 0.4) is 0 Å². The summed E-state index contributed by atoms with van der Waals surface area (Å²) in [7, 11) is 1.83. The van der Waals surface area contributed by atoms with Gasteiger partial charge in [0.25, 0.3) is 0 Å². The van der Waals surface area contributed by atoms with Crippen molar-refractivity contribution in [2.45, 2.75) is 12.3 Å². The molecule has 134 valence electrons. The molecule has 1 unspecified atom stereocenters. The third-order valence-electron chi connectivity index (χ3n) is 3.88. The predicted molar refractivity (Wildman–Crippen MR) is 96.2 cm³/mol. The number of carbonyl (C=O) groups is 1. The van der Waals surface area contributed by atoms with Crippen molar-refractivity contribution >= 4 is 40.3 Å². The minimum atomic E-state index is -0.915. The minimum absolute atomic E-state index is 0.210. The molecule has 0 radical (unpaired) electrons. The average molecular weight is 375 g/mol. The van der Waals surface area contributed by atoms with Crippen LogP contribution in [0.1, 0.15) is 12.6 Å². The van der Waals surface area contributed by atoms with Gasteiger partial charge in [-0.3, -0.25) is 10.1 Å². The monoisotopic (exact) mass is 375 g/mol. The van der Waals surface area contributed by atoms with Gasteiger partial charge in [-0.1, -0.05) is 11.8 Å². The van der Waals surface area contributed by atoms with Gasteiger partial charge in [0.15, 0.2) is 6.29 Å². The molecule has 8 nitrogen and oxygen atoms in total. The number of aromatic nitrogens is 2. The van der Waals surface area contributed by atoms with Crippen molar-refractivity contribution in [3.05, 3.63) is 57.8 Å². The molecule has 0 saturated carbocycles. The lowest BCUT2D eigenvalue weighted by atomic mass is 10.2. The normalized spacial score (nSPS) is 16.7. The summed E-state index contributed by atoms with van der Waals surface area (Å²) in [6.07, 6.45) is 2.40. The van der Waals surface area contributed by atoms with E-state index in [-0.39, 0.29) is 11.3 Å². The van der Waals surface area contributed by atoms with Crippen LogP contribution in [0, 0.1) is 15.9 Å². The quantitative estimate of drug-likeness (QED) is 0.483. The van der Waals surface area contributed by atoms with Gasteiger partial charge in [-0.05, 0) is 25.1 Å². The molecule has 1 aliphatic rings. The SMILES string of the molecule is CC1=C(c2ccnc(Nc3ccc(F)c([N+](=O)[O-])c3)n2)SC(C=O)N1C. The van der Waals surface area contributed by atoms with Gasteiger partial charge in [-0.25, -0.2) is 9.97 Å². The molecule has 1 aromatic carbocycles. The van der Waals surface area contributed by atoms with E-state index in [9.17, 15) is 19.3 Å². The van der Waals surface area contributed by atoms with Crippen molar-refractivity contribution in [2.24, 2.45) is 0 Å². The van der Waals surface area contributed by atoms with E-state index in [4.69, 9.17) is 0 Å². The van der Waals surface area contributed by atoms with E-state index in [0.29, 0.717) is 11.4 Å². The highest BCUT2D eigenvalue weighted by Crippen LogP contribution is 2.41. The summed E-state index contributed by atoms with van der Waals surface area (Å²) in [5, 5.41) is 13.4. The van der Waals surface area contributed by atoms with Gasteiger partial charge >= 0.3 is 5.69 Å². The standard InChI is InChI=1S/C16H14FN5O3S/c1-9-15(26-14(8-23)21(9)2)12-5-6-18-16(20-12)19-10-3-4-11(17)13(7-10)22(24)25/h3-8,14H,1-2H3,(H,18,19,20). The molecule has 2 aromatic rings. The fourth-order valence-corrected chi connectivity index (χ4v) is 3.57. The zero-order valence-corrected chi connectivity index (χ0v) is 14.7. The number of benzene rings is 1. The number of rotatable bonds is 5. The number of thioether (sulfide) groups is 1. The first kappa shape index (κ1) is 17.8. The maximum Gasteiger partial charge on any atom is 0.306 e. The zero-order valence-electron chi connectivity index (χ0n) is 13.8. The van der Waals surface area contributed by atoms with E-state index in [1.165, 1.54) is 24.0 Å². The number of hydrogen-bond acceptors (Lipinski definition) is 8. The molecule has 3 rings (SSSR count). The molecule has 2 heterocycles. The lowest BCUT2D eigenvalue weighted by Gasteiger charge is -2.16. The summed E-state index contributed by atoms with van der Waals surface area (Å²) in [6.45, 7) is 1.89. The minimum Gasteiger partial charge on any atom is -0.359 e. The Hall–Kier alpha value is -3.01. The van der Waals surface area contributed by atoms with Crippen LogP contribution < -0.4 is 5.32 Å². The molecular weight excluding hydrogens is 361 g/mol. The van der Waals surface area contributed by atoms with Crippen molar-refractivity contribution in [2.75, 3.05) is 12.4 Å². The molecule has 1 N–H and O–H groups in total. The molecule has 1 aliphatic heterocycles. The van der Waals surface area contributed by atoms with Gasteiger partial charge in [0.2, 0.25) is 11.8 Å². The highest BCUT2D eigenvalue weighted by Gasteiger charge is 2.28. The highest BCUT2D eigenvalue weighted by molar-refractivity contribution is 8.09. The summed E-state index contributed by atoms with van der Waals surface area (Å²) in [5.41, 5.74) is 1.20. The average Bonchev–Trinajstić information content (AvgIpc) is 2.91. The van der Waals surface area contributed by atoms with Gasteiger partial charge in [-0.2, -0.15) is 4.39 Å². The number of anilines is 2. The molecule has 0 saturated heterocycles. The van der Waals surface area contributed by atoms with Gasteiger partial charge in [-0.15, -0.1) is 0 Å². The Morgan fingerprint density at radius 2 is 2.19 bits per heavy atom. The van der Waals surface area contributed by atoms with E-state index >= 15 is 0 Å². The molecule has 1 aromatic heterocycles. The second-order valence-electron chi connectivity index (χ2n) is 5.48. The largest absolute Gasteiger partial charge is 0.359 e. The number of allylic oxidation sites excluding steroid dienone is 1. The van der Waals surface area contributed by atoms with Gasteiger partial charge in [0.1, 0.15) is 5.37 Å². The van der Waals surface area contributed by atoms with Gasteiger partial charge < -0.3 is 15.0 Å². The maximum atomic E-state index is 13.4. The van der Waals surface area contributed by atoms with Crippen LogP contribution >= 0.6 is 11.8 Å². The van der Waals surface area contributed by atoms with Crippen molar-refractivity contribution in [1.29, 1.82) is 0 Å². The first-order valence-electron chi connectivity index (χ1n) is 7.50.